The third-order valence-electron chi connectivity index (χ3n) is 5.24. The summed E-state index contributed by atoms with van der Waals surface area (Å²) in [5.74, 6) is 1.27. The molecule has 2 rings (SSSR count). The van der Waals surface area contributed by atoms with Gasteiger partial charge in [0.1, 0.15) is 0 Å². The second-order valence-corrected chi connectivity index (χ2v) is 9.14. The van der Waals surface area contributed by atoms with Crippen LogP contribution in [-0.2, 0) is 14.8 Å². The van der Waals surface area contributed by atoms with Gasteiger partial charge in [-0.3, -0.25) is 4.99 Å². The maximum absolute atomic E-state index is 12.0. The predicted octanol–water partition coefficient (Wildman–Crippen LogP) is -0.0183. The number of guanidine groups is 1. The topological polar surface area (TPSA) is 95.1 Å². The number of hydrogen-bond donors (Lipinski definition) is 3. The molecule has 1 aliphatic carbocycles. The van der Waals surface area contributed by atoms with Crippen molar-refractivity contribution in [3.05, 3.63) is 0 Å². The maximum atomic E-state index is 12.0. The van der Waals surface area contributed by atoms with Crippen LogP contribution in [0.4, 0.5) is 0 Å². The first-order valence-corrected chi connectivity index (χ1v) is 11.3. The summed E-state index contributed by atoms with van der Waals surface area (Å²) in [4.78, 5) is 6.61. The van der Waals surface area contributed by atoms with Crippen molar-refractivity contribution in [1.29, 1.82) is 0 Å². The zero-order valence-corrected chi connectivity index (χ0v) is 17.0. The molecule has 1 saturated heterocycles. The number of aliphatic imine (C=N–C) groups is 1. The molecule has 0 aromatic carbocycles. The lowest BCUT2D eigenvalue weighted by Crippen LogP contribution is -2.50. The van der Waals surface area contributed by atoms with Crippen molar-refractivity contribution in [3.63, 3.8) is 0 Å². The zero-order chi connectivity index (χ0) is 18.8. The first kappa shape index (κ1) is 21.4. The lowest BCUT2D eigenvalue weighted by molar-refractivity contribution is 0.128. The molecule has 9 heteroatoms. The van der Waals surface area contributed by atoms with Crippen molar-refractivity contribution >= 4 is 16.0 Å². The fraction of sp³-hybridized carbons (Fsp3) is 0.941. The molecule has 0 spiro atoms. The van der Waals surface area contributed by atoms with E-state index in [-0.39, 0.29) is 5.75 Å². The summed E-state index contributed by atoms with van der Waals surface area (Å²) >= 11 is 0. The Labute approximate surface area is 158 Å². The highest BCUT2D eigenvalue weighted by atomic mass is 32.2. The molecule has 8 nitrogen and oxygen atoms in total. The van der Waals surface area contributed by atoms with Crippen molar-refractivity contribution in [2.24, 2.45) is 10.9 Å². The highest BCUT2D eigenvalue weighted by Crippen LogP contribution is 2.25. The third-order valence-corrected chi connectivity index (χ3v) is 6.59. The molecule has 2 fully saturated rings. The van der Waals surface area contributed by atoms with E-state index in [2.05, 4.69) is 25.2 Å². The molecule has 1 aliphatic heterocycles. The van der Waals surface area contributed by atoms with Crippen molar-refractivity contribution in [2.45, 2.75) is 38.1 Å². The van der Waals surface area contributed by atoms with Crippen LogP contribution < -0.4 is 15.4 Å². The van der Waals surface area contributed by atoms with E-state index in [4.69, 9.17) is 4.74 Å². The second-order valence-electron chi connectivity index (χ2n) is 7.22. The Morgan fingerprint density at radius 2 is 1.96 bits per heavy atom. The average Bonchev–Trinajstić information content (AvgIpc) is 2.58. The lowest BCUT2D eigenvalue weighted by atomic mass is 9.86. The van der Waals surface area contributed by atoms with E-state index in [1.807, 2.05) is 0 Å². The average molecular weight is 390 g/mol. The van der Waals surface area contributed by atoms with Gasteiger partial charge in [-0.25, -0.2) is 13.1 Å². The van der Waals surface area contributed by atoms with Crippen LogP contribution in [0.15, 0.2) is 4.99 Å². The van der Waals surface area contributed by atoms with E-state index < -0.39 is 10.0 Å². The fourth-order valence-corrected chi connectivity index (χ4v) is 4.23. The summed E-state index contributed by atoms with van der Waals surface area (Å²) in [7, 11) is 0.224. The lowest BCUT2D eigenvalue weighted by Gasteiger charge is -2.32. The molecule has 0 bridgehead atoms. The van der Waals surface area contributed by atoms with Crippen LogP contribution in [0, 0.1) is 5.92 Å². The molecular formula is C17H35N5O3S. The van der Waals surface area contributed by atoms with Crippen molar-refractivity contribution in [3.8, 4) is 0 Å². The van der Waals surface area contributed by atoms with Gasteiger partial charge in [-0.1, -0.05) is 6.42 Å². The van der Waals surface area contributed by atoms with Crippen LogP contribution in [0.25, 0.3) is 0 Å². The van der Waals surface area contributed by atoms with E-state index in [1.165, 1.54) is 6.42 Å². The summed E-state index contributed by atoms with van der Waals surface area (Å²) < 4.78 is 31.9. The minimum absolute atomic E-state index is 0.0654. The molecular weight excluding hydrogens is 354 g/mol. The predicted molar refractivity (Wildman–Crippen MR) is 105 cm³/mol. The maximum Gasteiger partial charge on any atom is 0.213 e. The number of sulfonamides is 1. The third kappa shape index (κ3) is 7.77. The Balaban J connectivity index is 1.61. The molecule has 152 valence electrons. The molecule has 1 heterocycles. The van der Waals surface area contributed by atoms with Gasteiger partial charge in [-0.05, 0) is 31.6 Å². The molecule has 0 aromatic heterocycles. The Bertz CT molecular complexity index is 529. The first-order valence-electron chi connectivity index (χ1n) is 9.68. The first-order chi connectivity index (χ1) is 12.5. The smallest absolute Gasteiger partial charge is 0.213 e. The summed E-state index contributed by atoms with van der Waals surface area (Å²) in [5.41, 5.74) is 0. The number of rotatable bonds is 10. The SMILES string of the molecule is CN=C(NCCS(=O)(=O)NCC1CCC1)NC1CCN(CCOC)CC1. The van der Waals surface area contributed by atoms with Crippen molar-refractivity contribution in [2.75, 3.05) is 59.2 Å². The van der Waals surface area contributed by atoms with Crippen LogP contribution in [0.3, 0.4) is 0 Å². The van der Waals surface area contributed by atoms with Crippen LogP contribution >= 0.6 is 0 Å². The molecule has 3 N–H and O–H groups in total. The monoisotopic (exact) mass is 389 g/mol. The molecule has 26 heavy (non-hydrogen) atoms. The molecule has 0 aromatic rings. The summed E-state index contributed by atoms with van der Waals surface area (Å²) in [6.45, 7) is 4.75. The number of nitrogens with zero attached hydrogens (tertiary/aromatic N) is 2. The minimum Gasteiger partial charge on any atom is -0.383 e. The number of piperidine rings is 1. The summed E-state index contributed by atoms with van der Waals surface area (Å²) in [5, 5.41) is 6.52. The highest BCUT2D eigenvalue weighted by molar-refractivity contribution is 7.89. The van der Waals surface area contributed by atoms with Gasteiger partial charge in [0, 0.05) is 52.9 Å². The van der Waals surface area contributed by atoms with E-state index in [9.17, 15) is 8.42 Å². The molecule has 2 aliphatic rings. The standard InChI is InChI=1S/C17H35N5O3S/c1-18-17(21-16-6-9-22(10-7-16)11-12-25-2)19-8-13-26(23,24)20-14-15-4-3-5-15/h15-16,20H,3-14H2,1-2H3,(H2,18,19,21). The molecule has 0 atom stereocenters. The Kier molecular flexibility index (Phi) is 9.10. The summed E-state index contributed by atoms with van der Waals surface area (Å²) in [6.07, 6.45) is 5.60. The Hall–Kier alpha value is -0.900. The van der Waals surface area contributed by atoms with Gasteiger partial charge < -0.3 is 20.3 Å². The van der Waals surface area contributed by atoms with Crippen LogP contribution in [0.1, 0.15) is 32.1 Å². The van der Waals surface area contributed by atoms with Gasteiger partial charge in [0.25, 0.3) is 0 Å². The van der Waals surface area contributed by atoms with Crippen molar-refractivity contribution in [1.82, 2.24) is 20.3 Å². The van der Waals surface area contributed by atoms with Gasteiger partial charge >= 0.3 is 0 Å². The van der Waals surface area contributed by atoms with Gasteiger partial charge in [-0.2, -0.15) is 0 Å². The van der Waals surface area contributed by atoms with E-state index in [1.54, 1.807) is 14.2 Å². The zero-order valence-electron chi connectivity index (χ0n) is 16.2. The van der Waals surface area contributed by atoms with Gasteiger partial charge in [0.2, 0.25) is 10.0 Å². The second kappa shape index (κ2) is 11.1. The van der Waals surface area contributed by atoms with E-state index in [0.29, 0.717) is 31.0 Å². The molecule has 1 saturated carbocycles. The van der Waals surface area contributed by atoms with Gasteiger partial charge in [-0.15, -0.1) is 0 Å². The van der Waals surface area contributed by atoms with Crippen LogP contribution in [-0.4, -0.2) is 84.6 Å². The number of ether oxygens (including phenoxy) is 1. The van der Waals surface area contributed by atoms with Gasteiger partial charge in [0.15, 0.2) is 5.96 Å². The molecule has 0 radical (unpaired) electrons. The molecule has 0 amide bonds. The summed E-state index contributed by atoms with van der Waals surface area (Å²) in [6, 6.07) is 0.369. The van der Waals surface area contributed by atoms with Gasteiger partial charge in [0.05, 0.1) is 12.4 Å². The Morgan fingerprint density at radius 3 is 2.54 bits per heavy atom. The minimum atomic E-state index is -3.22. The largest absolute Gasteiger partial charge is 0.383 e. The van der Waals surface area contributed by atoms with E-state index in [0.717, 1.165) is 51.9 Å². The molecule has 0 unspecified atom stereocenters. The Morgan fingerprint density at radius 1 is 1.23 bits per heavy atom. The number of methoxy groups -OCH3 is 1. The highest BCUT2D eigenvalue weighted by Gasteiger charge is 2.21. The number of likely N-dealkylation sites (tertiary alicyclic amines) is 1. The normalized spacial score (nSPS) is 20.8. The van der Waals surface area contributed by atoms with Crippen LogP contribution in [0.2, 0.25) is 0 Å². The number of nitrogens with one attached hydrogen (secondary N) is 3. The van der Waals surface area contributed by atoms with E-state index >= 15 is 0 Å². The quantitative estimate of drug-likeness (QED) is 0.359. The fourth-order valence-electron chi connectivity index (χ4n) is 3.23. The van der Waals surface area contributed by atoms with Crippen LogP contribution in [0.5, 0.6) is 0 Å². The van der Waals surface area contributed by atoms with Crippen molar-refractivity contribution < 1.29 is 13.2 Å². The number of hydrogen-bond acceptors (Lipinski definition) is 5.